The van der Waals surface area contributed by atoms with Crippen LogP contribution in [0.4, 0.5) is 5.69 Å². The second-order valence-electron chi connectivity index (χ2n) is 11.6. The van der Waals surface area contributed by atoms with Crippen molar-refractivity contribution in [3.63, 3.8) is 0 Å². The number of aryl methyl sites for hydroxylation is 3. The van der Waals surface area contributed by atoms with E-state index in [-0.39, 0.29) is 24.9 Å². The van der Waals surface area contributed by atoms with E-state index in [0.717, 1.165) is 38.9 Å². The third-order valence-corrected chi connectivity index (χ3v) is 10.2. The van der Waals surface area contributed by atoms with Gasteiger partial charge in [0.05, 0.1) is 17.6 Å². The van der Waals surface area contributed by atoms with Gasteiger partial charge < -0.3 is 14.5 Å². The predicted octanol–water partition coefficient (Wildman–Crippen LogP) is 3.85. The molecule has 3 aromatic carbocycles. The van der Waals surface area contributed by atoms with E-state index in [2.05, 4.69) is 10.3 Å². The Morgan fingerprint density at radius 3 is 2.58 bits per heavy atom. The Morgan fingerprint density at radius 1 is 1.05 bits per heavy atom. The largest absolute Gasteiger partial charge is 0.464 e. The Labute approximate surface area is 253 Å². The molecule has 1 atom stereocenters. The van der Waals surface area contributed by atoms with Crippen LogP contribution in [0.1, 0.15) is 40.2 Å². The van der Waals surface area contributed by atoms with E-state index in [1.165, 1.54) is 0 Å². The van der Waals surface area contributed by atoms with Gasteiger partial charge in [0.1, 0.15) is 17.0 Å². The maximum Gasteiger partial charge on any atom is 0.306 e. The Balaban J connectivity index is 1.52. The molecule has 0 amide bonds. The van der Waals surface area contributed by atoms with Gasteiger partial charge in [0.15, 0.2) is 0 Å². The number of fused-ring (bicyclic) bond motifs is 2. The maximum atomic E-state index is 13.8. The lowest BCUT2D eigenvalue weighted by Gasteiger charge is -2.24. The number of hydrogen-bond donors (Lipinski definition) is 0. The lowest BCUT2D eigenvalue weighted by molar-refractivity contribution is -0.144. The number of anilines is 1. The fourth-order valence-electron chi connectivity index (χ4n) is 5.67. The first-order valence-corrected chi connectivity index (χ1v) is 15.9. The molecule has 0 spiro atoms. The summed E-state index contributed by atoms with van der Waals surface area (Å²) in [5.41, 5.74) is 7.12. The van der Waals surface area contributed by atoms with Crippen molar-refractivity contribution in [1.82, 2.24) is 24.2 Å². The third-order valence-electron chi connectivity index (χ3n) is 8.33. The van der Waals surface area contributed by atoms with Gasteiger partial charge in [-0.15, -0.1) is 5.10 Å². The van der Waals surface area contributed by atoms with Gasteiger partial charge in [-0.2, -0.15) is 4.31 Å². The molecule has 11 heteroatoms. The van der Waals surface area contributed by atoms with Gasteiger partial charge in [-0.25, -0.2) is 13.1 Å². The van der Waals surface area contributed by atoms with Crippen molar-refractivity contribution in [2.75, 3.05) is 52.3 Å². The van der Waals surface area contributed by atoms with Crippen molar-refractivity contribution in [2.45, 2.75) is 37.6 Å². The summed E-state index contributed by atoms with van der Waals surface area (Å²) in [6.45, 7) is 6.11. The van der Waals surface area contributed by atoms with E-state index in [1.807, 2.05) is 94.3 Å². The average Bonchev–Trinajstić information content (AvgIpc) is 3.32. The van der Waals surface area contributed by atoms with Gasteiger partial charge in [-0.05, 0) is 74.0 Å². The summed E-state index contributed by atoms with van der Waals surface area (Å²) >= 11 is 0. The number of likely N-dealkylation sites (N-methyl/N-ethyl adjacent to an activating group) is 2. The van der Waals surface area contributed by atoms with Gasteiger partial charge in [0.2, 0.25) is 10.0 Å². The molecule has 1 unspecified atom stereocenters. The molecule has 0 bridgehead atoms. The molecule has 1 aliphatic heterocycles. The van der Waals surface area contributed by atoms with Crippen molar-refractivity contribution in [2.24, 2.45) is 7.05 Å². The van der Waals surface area contributed by atoms with Gasteiger partial charge in [-0.3, -0.25) is 4.79 Å². The number of hydrogen-bond acceptors (Lipinski definition) is 8. The number of esters is 1. The quantitative estimate of drug-likeness (QED) is 0.266. The van der Waals surface area contributed by atoms with E-state index in [4.69, 9.17) is 4.74 Å². The highest BCUT2D eigenvalue weighted by Gasteiger charge is 2.32. The standard InChI is InChI=1S/C32H40N6O4S/c1-22-11-12-24(19-25(22)21-38-16-15-36(5)28-9-7-8-10-30(28)43(38,40)41)27(20-31(39)42-18-17-35(3)4)26-13-14-29-32(23(26)2)33-34-37(29)6/h7-14,19,27H,15-18,20-21H2,1-6H3. The van der Waals surface area contributed by atoms with Crippen molar-refractivity contribution in [1.29, 1.82) is 0 Å². The molecular formula is C32H40N6O4S. The lowest BCUT2D eigenvalue weighted by atomic mass is 9.84. The van der Waals surface area contributed by atoms with E-state index in [0.29, 0.717) is 36.8 Å². The van der Waals surface area contributed by atoms with Gasteiger partial charge in [0.25, 0.3) is 0 Å². The van der Waals surface area contributed by atoms with Crippen LogP contribution < -0.4 is 4.90 Å². The summed E-state index contributed by atoms with van der Waals surface area (Å²) in [6.07, 6.45) is 0.142. The number of para-hydroxylation sites is 1. The fourth-order valence-corrected chi connectivity index (χ4v) is 7.31. The SMILES string of the molecule is Cc1ccc(C(CC(=O)OCCN(C)C)c2ccc3c(nnn3C)c2C)cc1CN1CCN(C)c2ccccc2S1(=O)=O. The number of benzene rings is 3. The molecule has 4 aromatic rings. The third kappa shape index (κ3) is 6.29. The first-order valence-electron chi connectivity index (χ1n) is 14.5. The van der Waals surface area contributed by atoms with Crippen LogP contribution in [-0.2, 0) is 33.1 Å². The lowest BCUT2D eigenvalue weighted by Crippen LogP contribution is -2.33. The summed E-state index contributed by atoms with van der Waals surface area (Å²) in [7, 11) is 3.92. The number of carbonyl (C=O) groups excluding carboxylic acids is 1. The van der Waals surface area contributed by atoms with E-state index in [1.54, 1.807) is 21.1 Å². The second kappa shape index (κ2) is 12.4. The molecule has 1 aromatic heterocycles. The molecule has 1 aliphatic rings. The topological polar surface area (TPSA) is 101 Å². The smallest absolute Gasteiger partial charge is 0.306 e. The Bertz CT molecular complexity index is 1750. The minimum atomic E-state index is -3.72. The zero-order valence-electron chi connectivity index (χ0n) is 25.7. The highest BCUT2D eigenvalue weighted by atomic mass is 32.2. The van der Waals surface area contributed by atoms with Gasteiger partial charge in [0, 0.05) is 46.2 Å². The van der Waals surface area contributed by atoms with Gasteiger partial charge >= 0.3 is 5.97 Å². The summed E-state index contributed by atoms with van der Waals surface area (Å²) in [5.74, 6) is -0.604. The average molecular weight is 605 g/mol. The van der Waals surface area contributed by atoms with Crippen LogP contribution in [0.3, 0.4) is 0 Å². The number of ether oxygens (including phenoxy) is 1. The number of rotatable bonds is 9. The molecule has 228 valence electrons. The first-order chi connectivity index (χ1) is 20.5. The maximum absolute atomic E-state index is 13.8. The number of aromatic nitrogens is 3. The molecule has 10 nitrogen and oxygen atoms in total. The monoisotopic (exact) mass is 604 g/mol. The van der Waals surface area contributed by atoms with Crippen LogP contribution in [0.15, 0.2) is 59.5 Å². The van der Waals surface area contributed by atoms with Crippen LogP contribution in [-0.4, -0.2) is 86.0 Å². The minimum Gasteiger partial charge on any atom is -0.464 e. The zero-order chi connectivity index (χ0) is 30.9. The normalized spacial score (nSPS) is 15.8. The molecule has 43 heavy (non-hydrogen) atoms. The minimum absolute atomic E-state index is 0.142. The van der Waals surface area contributed by atoms with Crippen LogP contribution in [0.5, 0.6) is 0 Å². The van der Waals surface area contributed by atoms with Crippen LogP contribution in [0, 0.1) is 13.8 Å². The zero-order valence-corrected chi connectivity index (χ0v) is 26.6. The number of carbonyl (C=O) groups is 1. The summed E-state index contributed by atoms with van der Waals surface area (Å²) in [6, 6.07) is 17.2. The van der Waals surface area contributed by atoms with Crippen molar-refractivity contribution in [3.8, 4) is 0 Å². The summed E-state index contributed by atoms with van der Waals surface area (Å²) < 4.78 is 36.5. The predicted molar refractivity (Wildman–Crippen MR) is 168 cm³/mol. The van der Waals surface area contributed by atoms with Crippen molar-refractivity contribution >= 4 is 32.7 Å². The molecule has 0 radical (unpaired) electrons. The van der Waals surface area contributed by atoms with Gasteiger partial charge in [-0.1, -0.05) is 41.6 Å². The van der Waals surface area contributed by atoms with E-state index >= 15 is 0 Å². The highest BCUT2D eigenvalue weighted by molar-refractivity contribution is 7.89. The molecule has 0 saturated carbocycles. The van der Waals surface area contributed by atoms with Crippen molar-refractivity contribution in [3.05, 3.63) is 82.4 Å². The molecule has 2 heterocycles. The number of sulfonamides is 1. The number of nitrogens with zero attached hydrogens (tertiary/aromatic N) is 6. The highest BCUT2D eigenvalue weighted by Crippen LogP contribution is 2.36. The molecule has 0 N–H and O–H groups in total. The first kappa shape index (κ1) is 30.7. The molecule has 0 saturated heterocycles. The Kier molecular flexibility index (Phi) is 8.86. The van der Waals surface area contributed by atoms with E-state index in [9.17, 15) is 13.2 Å². The molecule has 0 fully saturated rings. The molecule has 5 rings (SSSR count). The molecule has 0 aliphatic carbocycles. The van der Waals surface area contributed by atoms with Crippen LogP contribution in [0.25, 0.3) is 11.0 Å². The molecular weight excluding hydrogens is 564 g/mol. The van der Waals surface area contributed by atoms with E-state index < -0.39 is 10.0 Å². The Morgan fingerprint density at radius 2 is 1.81 bits per heavy atom. The second-order valence-corrected chi connectivity index (χ2v) is 13.5. The van der Waals surface area contributed by atoms with Crippen LogP contribution in [0.2, 0.25) is 0 Å². The fraction of sp³-hybridized carbons (Fsp3) is 0.406. The summed E-state index contributed by atoms with van der Waals surface area (Å²) in [4.78, 5) is 17.4. The summed E-state index contributed by atoms with van der Waals surface area (Å²) in [5, 5.41) is 8.56. The van der Waals surface area contributed by atoms with Crippen molar-refractivity contribution < 1.29 is 17.9 Å². The Hall–Kier alpha value is -3.80. The van der Waals surface area contributed by atoms with Crippen LogP contribution >= 0.6 is 0 Å².